The second kappa shape index (κ2) is 8.49. The standard InChI is InChI=1S/C19H17N5O5S2/c25-19(15-7-5-14(6-8-15)16-13-30-21-20-16)22-9-11-23(12-10-22)31(28,29)18-4-2-1-3-17(18)24(26)27/h1-8,13H,9-12H2. The summed E-state index contributed by atoms with van der Waals surface area (Å²) in [7, 11) is -4.04. The normalized spacial score (nSPS) is 15.0. The summed E-state index contributed by atoms with van der Waals surface area (Å²) in [5.74, 6) is -0.203. The second-order valence-corrected chi connectivity index (χ2v) is 9.30. The van der Waals surface area contributed by atoms with Crippen molar-refractivity contribution in [3.05, 3.63) is 69.6 Å². The minimum absolute atomic E-state index is 0.0582. The lowest BCUT2D eigenvalue weighted by atomic mass is 10.1. The Morgan fingerprint density at radius 1 is 1.03 bits per heavy atom. The van der Waals surface area contributed by atoms with Crippen LogP contribution in [0.3, 0.4) is 0 Å². The summed E-state index contributed by atoms with van der Waals surface area (Å²) in [6.07, 6.45) is 0. The summed E-state index contributed by atoms with van der Waals surface area (Å²) in [6, 6.07) is 12.2. The molecule has 12 heteroatoms. The van der Waals surface area contributed by atoms with Crippen molar-refractivity contribution >= 4 is 33.2 Å². The Labute approximate surface area is 182 Å². The Morgan fingerprint density at radius 3 is 2.32 bits per heavy atom. The first kappa shape index (κ1) is 21.0. The molecule has 1 aromatic heterocycles. The molecule has 0 aliphatic carbocycles. The van der Waals surface area contributed by atoms with E-state index in [2.05, 4.69) is 9.59 Å². The third-order valence-electron chi connectivity index (χ3n) is 4.99. The number of sulfonamides is 1. The van der Waals surface area contributed by atoms with Crippen LogP contribution in [0.5, 0.6) is 0 Å². The van der Waals surface area contributed by atoms with Crippen LogP contribution in [0.2, 0.25) is 0 Å². The van der Waals surface area contributed by atoms with E-state index in [0.29, 0.717) is 5.56 Å². The minimum Gasteiger partial charge on any atom is -0.336 e. The van der Waals surface area contributed by atoms with Gasteiger partial charge in [0.1, 0.15) is 5.69 Å². The molecule has 2 aromatic carbocycles. The van der Waals surface area contributed by atoms with Gasteiger partial charge in [-0.15, -0.1) is 5.10 Å². The van der Waals surface area contributed by atoms with Gasteiger partial charge >= 0.3 is 0 Å². The van der Waals surface area contributed by atoms with Gasteiger partial charge in [-0.1, -0.05) is 28.8 Å². The van der Waals surface area contributed by atoms with Crippen molar-refractivity contribution in [1.82, 2.24) is 18.8 Å². The lowest BCUT2D eigenvalue weighted by Crippen LogP contribution is -2.50. The molecule has 1 saturated heterocycles. The molecular formula is C19H17N5O5S2. The molecule has 31 heavy (non-hydrogen) atoms. The molecule has 1 aliphatic rings. The smallest absolute Gasteiger partial charge is 0.289 e. The molecule has 160 valence electrons. The quantitative estimate of drug-likeness (QED) is 0.423. The zero-order chi connectivity index (χ0) is 22.0. The summed E-state index contributed by atoms with van der Waals surface area (Å²) < 4.78 is 30.8. The summed E-state index contributed by atoms with van der Waals surface area (Å²) >= 11 is 1.24. The number of nitro groups is 1. The van der Waals surface area contributed by atoms with Gasteiger partial charge in [0.15, 0.2) is 4.90 Å². The van der Waals surface area contributed by atoms with E-state index >= 15 is 0 Å². The molecule has 0 N–H and O–H groups in total. The van der Waals surface area contributed by atoms with Crippen molar-refractivity contribution in [3.63, 3.8) is 0 Å². The molecule has 0 spiro atoms. The highest BCUT2D eigenvalue weighted by Gasteiger charge is 2.34. The van der Waals surface area contributed by atoms with E-state index in [1.165, 1.54) is 34.0 Å². The number of rotatable bonds is 5. The fourth-order valence-corrected chi connectivity index (χ4v) is 5.40. The van der Waals surface area contributed by atoms with Crippen LogP contribution in [-0.2, 0) is 10.0 Å². The van der Waals surface area contributed by atoms with Crippen LogP contribution in [0.4, 0.5) is 5.69 Å². The number of para-hydroxylation sites is 1. The highest BCUT2D eigenvalue weighted by Crippen LogP contribution is 2.27. The number of nitrogens with zero attached hydrogens (tertiary/aromatic N) is 5. The van der Waals surface area contributed by atoms with Crippen LogP contribution in [0.25, 0.3) is 11.3 Å². The monoisotopic (exact) mass is 459 g/mol. The zero-order valence-electron chi connectivity index (χ0n) is 16.1. The largest absolute Gasteiger partial charge is 0.336 e. The maximum Gasteiger partial charge on any atom is 0.289 e. The van der Waals surface area contributed by atoms with Crippen LogP contribution in [0.1, 0.15) is 10.4 Å². The van der Waals surface area contributed by atoms with Crippen molar-refractivity contribution in [2.24, 2.45) is 0 Å². The first-order valence-electron chi connectivity index (χ1n) is 9.28. The van der Waals surface area contributed by atoms with E-state index in [9.17, 15) is 23.3 Å². The zero-order valence-corrected chi connectivity index (χ0v) is 17.8. The predicted molar refractivity (Wildman–Crippen MR) is 113 cm³/mol. The van der Waals surface area contributed by atoms with Crippen molar-refractivity contribution in [2.45, 2.75) is 4.90 Å². The average molecular weight is 460 g/mol. The average Bonchev–Trinajstić information content (AvgIpc) is 3.34. The SMILES string of the molecule is O=C(c1ccc(-c2csnn2)cc1)N1CCN(S(=O)(=O)c2ccccc2[N+](=O)[O-])CC1. The number of carbonyl (C=O) groups is 1. The van der Waals surface area contributed by atoms with E-state index < -0.39 is 20.6 Å². The highest BCUT2D eigenvalue weighted by molar-refractivity contribution is 7.89. The van der Waals surface area contributed by atoms with E-state index in [4.69, 9.17) is 0 Å². The van der Waals surface area contributed by atoms with E-state index in [1.807, 2.05) is 5.38 Å². The van der Waals surface area contributed by atoms with Gasteiger partial charge in [0.25, 0.3) is 11.6 Å². The fraction of sp³-hybridized carbons (Fsp3) is 0.211. The molecular weight excluding hydrogens is 442 g/mol. The number of aromatic nitrogens is 2. The maximum absolute atomic E-state index is 12.9. The lowest BCUT2D eigenvalue weighted by Gasteiger charge is -2.34. The maximum atomic E-state index is 12.9. The molecule has 0 saturated carbocycles. The molecule has 0 bridgehead atoms. The van der Waals surface area contributed by atoms with Gasteiger partial charge in [0, 0.05) is 48.8 Å². The number of nitro benzene ring substituents is 1. The number of hydrogen-bond acceptors (Lipinski definition) is 8. The molecule has 10 nitrogen and oxygen atoms in total. The summed E-state index contributed by atoms with van der Waals surface area (Å²) in [4.78, 5) is 24.5. The van der Waals surface area contributed by atoms with Gasteiger partial charge in [-0.3, -0.25) is 14.9 Å². The third kappa shape index (κ3) is 4.17. The number of benzene rings is 2. The Kier molecular flexibility index (Phi) is 5.76. The van der Waals surface area contributed by atoms with Crippen LogP contribution < -0.4 is 0 Å². The Morgan fingerprint density at radius 2 is 1.71 bits per heavy atom. The Hall–Kier alpha value is -3.22. The van der Waals surface area contributed by atoms with Gasteiger partial charge in [-0.2, -0.15) is 4.31 Å². The predicted octanol–water partition coefficient (Wildman–Crippen LogP) is 2.26. The number of amides is 1. The summed E-state index contributed by atoms with van der Waals surface area (Å²) in [5.41, 5.74) is 1.61. The molecule has 2 heterocycles. The molecule has 0 unspecified atom stereocenters. The Balaban J connectivity index is 1.45. The van der Waals surface area contributed by atoms with Crippen molar-refractivity contribution in [1.29, 1.82) is 0 Å². The van der Waals surface area contributed by atoms with E-state index in [-0.39, 0.29) is 37.0 Å². The number of carbonyl (C=O) groups excluding carboxylic acids is 1. The number of hydrogen-bond donors (Lipinski definition) is 0. The molecule has 1 fully saturated rings. The first-order chi connectivity index (χ1) is 14.9. The van der Waals surface area contributed by atoms with Gasteiger partial charge in [-0.25, -0.2) is 8.42 Å². The molecule has 0 radical (unpaired) electrons. The molecule has 1 amide bonds. The minimum atomic E-state index is -4.04. The van der Waals surface area contributed by atoms with Crippen LogP contribution in [0.15, 0.2) is 58.8 Å². The van der Waals surface area contributed by atoms with Crippen molar-refractivity contribution in [3.8, 4) is 11.3 Å². The highest BCUT2D eigenvalue weighted by atomic mass is 32.2. The molecule has 4 rings (SSSR count). The number of piperazine rings is 1. The summed E-state index contributed by atoms with van der Waals surface area (Å²) in [5, 5.41) is 17.0. The topological polar surface area (TPSA) is 127 Å². The first-order valence-corrected chi connectivity index (χ1v) is 11.6. The lowest BCUT2D eigenvalue weighted by molar-refractivity contribution is -0.387. The fourth-order valence-electron chi connectivity index (χ4n) is 3.35. The van der Waals surface area contributed by atoms with Gasteiger partial charge in [0.05, 0.1) is 4.92 Å². The van der Waals surface area contributed by atoms with Crippen molar-refractivity contribution < 1.29 is 18.1 Å². The van der Waals surface area contributed by atoms with Crippen LogP contribution >= 0.6 is 11.5 Å². The van der Waals surface area contributed by atoms with Gasteiger partial charge < -0.3 is 4.90 Å². The van der Waals surface area contributed by atoms with Gasteiger partial charge in [0.2, 0.25) is 10.0 Å². The van der Waals surface area contributed by atoms with Crippen molar-refractivity contribution in [2.75, 3.05) is 26.2 Å². The van der Waals surface area contributed by atoms with E-state index in [1.54, 1.807) is 29.2 Å². The van der Waals surface area contributed by atoms with Crippen LogP contribution in [0, 0.1) is 10.1 Å². The van der Waals surface area contributed by atoms with Crippen LogP contribution in [-0.4, -0.2) is 64.2 Å². The second-order valence-electron chi connectivity index (χ2n) is 6.79. The molecule has 1 aliphatic heterocycles. The molecule has 3 aromatic rings. The van der Waals surface area contributed by atoms with E-state index in [0.717, 1.165) is 17.3 Å². The summed E-state index contributed by atoms with van der Waals surface area (Å²) in [6.45, 7) is 0.498. The molecule has 0 atom stereocenters. The van der Waals surface area contributed by atoms with Gasteiger partial charge in [-0.05, 0) is 29.7 Å². The third-order valence-corrected chi connectivity index (χ3v) is 7.44. The Bertz CT molecular complexity index is 1200.